The minimum absolute atomic E-state index is 0.386. The topological polar surface area (TPSA) is 20.2 Å². The first kappa shape index (κ1) is 9.83. The average Bonchev–Trinajstić information content (AvgIpc) is 1.93. The first-order valence-corrected chi connectivity index (χ1v) is 3.42. The minimum Gasteiger partial charge on any atom is -0.508 e. The van der Waals surface area contributed by atoms with Gasteiger partial charge in [0.15, 0.2) is 0 Å². The Morgan fingerprint density at radius 1 is 1.23 bits per heavy atom. The second kappa shape index (κ2) is 3.24. The van der Waals surface area contributed by atoms with Gasteiger partial charge in [-0.15, -0.1) is 0 Å². The van der Waals surface area contributed by atoms with E-state index in [4.69, 9.17) is 5.11 Å². The van der Waals surface area contributed by atoms with Crippen molar-refractivity contribution in [1.82, 2.24) is 0 Å². The van der Waals surface area contributed by atoms with Crippen molar-refractivity contribution < 1.29 is 22.7 Å². The molecule has 1 rings (SSSR count). The van der Waals surface area contributed by atoms with E-state index in [1.54, 1.807) is 0 Å². The van der Waals surface area contributed by atoms with E-state index >= 15 is 0 Å². The first-order chi connectivity index (χ1) is 5.88. The van der Waals surface area contributed by atoms with Crippen LogP contribution < -0.4 is 0 Å². The fraction of sp³-hybridized carbons (Fsp3) is 0.250. The van der Waals surface area contributed by atoms with Gasteiger partial charge in [0.1, 0.15) is 11.6 Å². The van der Waals surface area contributed by atoms with E-state index in [0.29, 0.717) is 6.07 Å². The van der Waals surface area contributed by atoms with Crippen molar-refractivity contribution in [3.8, 4) is 5.75 Å². The fourth-order valence-electron chi connectivity index (χ4n) is 0.896. The van der Waals surface area contributed by atoms with Crippen molar-refractivity contribution in [2.45, 2.75) is 12.6 Å². The van der Waals surface area contributed by atoms with Crippen LogP contribution in [0.4, 0.5) is 17.6 Å². The van der Waals surface area contributed by atoms with E-state index in [-0.39, 0.29) is 5.75 Å². The SMILES string of the molecule is Oc1ccc(CC(F)(F)F)c(F)c1. The zero-order valence-corrected chi connectivity index (χ0v) is 6.40. The van der Waals surface area contributed by atoms with Gasteiger partial charge in [-0.2, -0.15) is 13.2 Å². The van der Waals surface area contributed by atoms with E-state index < -0.39 is 24.0 Å². The lowest BCUT2D eigenvalue weighted by Gasteiger charge is -2.06. The van der Waals surface area contributed by atoms with Gasteiger partial charge in [0, 0.05) is 6.07 Å². The number of hydrogen-bond acceptors (Lipinski definition) is 1. The predicted molar refractivity (Wildman–Crippen MR) is 37.8 cm³/mol. The quantitative estimate of drug-likeness (QED) is 0.681. The third kappa shape index (κ3) is 2.93. The van der Waals surface area contributed by atoms with Crippen LogP contribution in [0.1, 0.15) is 5.56 Å². The van der Waals surface area contributed by atoms with E-state index in [0.717, 1.165) is 12.1 Å². The van der Waals surface area contributed by atoms with Crippen LogP contribution >= 0.6 is 0 Å². The van der Waals surface area contributed by atoms with Crippen molar-refractivity contribution in [2.24, 2.45) is 0 Å². The van der Waals surface area contributed by atoms with E-state index in [1.807, 2.05) is 0 Å². The normalized spacial score (nSPS) is 11.7. The van der Waals surface area contributed by atoms with Gasteiger partial charge in [-0.3, -0.25) is 0 Å². The second-order valence-corrected chi connectivity index (χ2v) is 2.57. The summed E-state index contributed by atoms with van der Waals surface area (Å²) in [5.74, 6) is -1.43. The molecule has 0 saturated heterocycles. The molecule has 0 spiro atoms. The molecule has 0 atom stereocenters. The maximum Gasteiger partial charge on any atom is 0.393 e. The Balaban J connectivity index is 2.90. The molecule has 0 aliphatic heterocycles. The van der Waals surface area contributed by atoms with Gasteiger partial charge in [-0.05, 0) is 11.6 Å². The molecule has 0 saturated carbocycles. The van der Waals surface area contributed by atoms with Gasteiger partial charge in [0.25, 0.3) is 0 Å². The molecule has 1 aromatic carbocycles. The van der Waals surface area contributed by atoms with Crippen molar-refractivity contribution in [2.75, 3.05) is 0 Å². The van der Waals surface area contributed by atoms with Crippen LogP contribution in [0, 0.1) is 5.82 Å². The van der Waals surface area contributed by atoms with Crippen LogP contribution in [-0.2, 0) is 6.42 Å². The van der Waals surface area contributed by atoms with Crippen LogP contribution in [0.15, 0.2) is 18.2 Å². The van der Waals surface area contributed by atoms with Crippen molar-refractivity contribution in [3.63, 3.8) is 0 Å². The molecule has 0 unspecified atom stereocenters. The highest BCUT2D eigenvalue weighted by molar-refractivity contribution is 5.28. The molecule has 72 valence electrons. The number of rotatable bonds is 1. The molecule has 0 aliphatic carbocycles. The fourth-order valence-corrected chi connectivity index (χ4v) is 0.896. The third-order valence-corrected chi connectivity index (χ3v) is 1.43. The van der Waals surface area contributed by atoms with Gasteiger partial charge < -0.3 is 5.11 Å². The smallest absolute Gasteiger partial charge is 0.393 e. The van der Waals surface area contributed by atoms with Crippen LogP contribution in [0.5, 0.6) is 5.75 Å². The summed E-state index contributed by atoms with van der Waals surface area (Å²) in [5, 5.41) is 8.71. The molecule has 5 heteroatoms. The Labute approximate surface area is 71.6 Å². The third-order valence-electron chi connectivity index (χ3n) is 1.43. The molecule has 0 fully saturated rings. The Bertz CT molecular complexity index is 306. The van der Waals surface area contributed by atoms with Gasteiger partial charge in [0.05, 0.1) is 6.42 Å². The number of phenols is 1. The maximum absolute atomic E-state index is 12.7. The van der Waals surface area contributed by atoms with Gasteiger partial charge in [-0.1, -0.05) is 6.07 Å². The van der Waals surface area contributed by atoms with Crippen LogP contribution in [0.3, 0.4) is 0 Å². The molecule has 1 N–H and O–H groups in total. The molecule has 0 aliphatic rings. The summed E-state index contributed by atoms with van der Waals surface area (Å²) < 4.78 is 48.1. The zero-order valence-electron chi connectivity index (χ0n) is 6.40. The molecule has 0 bridgehead atoms. The van der Waals surface area contributed by atoms with E-state index in [9.17, 15) is 17.6 Å². The number of benzene rings is 1. The molecular weight excluding hydrogens is 188 g/mol. The maximum atomic E-state index is 12.7. The van der Waals surface area contributed by atoms with Crippen molar-refractivity contribution in [3.05, 3.63) is 29.6 Å². The van der Waals surface area contributed by atoms with Gasteiger partial charge >= 0.3 is 6.18 Å². The molecule has 0 heterocycles. The van der Waals surface area contributed by atoms with Crippen molar-refractivity contribution in [1.29, 1.82) is 0 Å². The van der Waals surface area contributed by atoms with Gasteiger partial charge in [-0.25, -0.2) is 4.39 Å². The molecule has 0 aromatic heterocycles. The highest BCUT2D eigenvalue weighted by Gasteiger charge is 2.29. The Morgan fingerprint density at radius 2 is 1.85 bits per heavy atom. The molecular formula is C8H6F4O. The summed E-state index contributed by atoms with van der Waals surface area (Å²) in [7, 11) is 0. The van der Waals surface area contributed by atoms with Crippen molar-refractivity contribution >= 4 is 0 Å². The predicted octanol–water partition coefficient (Wildman–Crippen LogP) is 2.64. The number of hydrogen-bond donors (Lipinski definition) is 1. The number of aromatic hydroxyl groups is 1. The van der Waals surface area contributed by atoms with E-state index in [2.05, 4.69) is 0 Å². The lowest BCUT2D eigenvalue weighted by Crippen LogP contribution is -2.12. The van der Waals surface area contributed by atoms with Crippen LogP contribution in [0.25, 0.3) is 0 Å². The molecule has 1 aromatic rings. The number of phenolic OH excluding ortho intramolecular Hbond substituents is 1. The molecule has 13 heavy (non-hydrogen) atoms. The lowest BCUT2D eigenvalue weighted by atomic mass is 10.1. The van der Waals surface area contributed by atoms with E-state index in [1.165, 1.54) is 0 Å². The summed E-state index contributed by atoms with van der Waals surface area (Å²) >= 11 is 0. The number of halogens is 4. The lowest BCUT2D eigenvalue weighted by molar-refractivity contribution is -0.127. The number of alkyl halides is 3. The summed E-state index contributed by atoms with van der Waals surface area (Å²) in [4.78, 5) is 0. The second-order valence-electron chi connectivity index (χ2n) is 2.57. The first-order valence-electron chi connectivity index (χ1n) is 3.42. The van der Waals surface area contributed by atoms with Crippen LogP contribution in [-0.4, -0.2) is 11.3 Å². The molecule has 0 amide bonds. The minimum atomic E-state index is -4.43. The summed E-state index contributed by atoms with van der Waals surface area (Å²) in [6, 6.07) is 2.59. The average molecular weight is 194 g/mol. The Kier molecular flexibility index (Phi) is 2.45. The molecule has 1 nitrogen and oxygen atoms in total. The zero-order chi connectivity index (χ0) is 10.1. The van der Waals surface area contributed by atoms with Crippen LogP contribution in [0.2, 0.25) is 0 Å². The Morgan fingerprint density at radius 3 is 2.31 bits per heavy atom. The largest absolute Gasteiger partial charge is 0.508 e. The summed E-state index contributed by atoms with van der Waals surface area (Å²) in [6.07, 6.45) is -5.75. The summed E-state index contributed by atoms with van der Waals surface area (Å²) in [6.45, 7) is 0. The molecule has 0 radical (unpaired) electrons. The standard InChI is InChI=1S/C8H6F4O/c9-7-3-6(13)2-1-5(7)4-8(10,11)12/h1-3,13H,4H2. The Hall–Kier alpha value is -1.26. The van der Waals surface area contributed by atoms with Gasteiger partial charge in [0.2, 0.25) is 0 Å². The summed E-state index contributed by atoms with van der Waals surface area (Å²) in [5.41, 5.74) is -0.467. The highest BCUT2D eigenvalue weighted by atomic mass is 19.4. The highest BCUT2D eigenvalue weighted by Crippen LogP contribution is 2.24. The monoisotopic (exact) mass is 194 g/mol.